The summed E-state index contributed by atoms with van der Waals surface area (Å²) in [5.74, 6) is -0.671. The van der Waals surface area contributed by atoms with Gasteiger partial charge in [-0.25, -0.2) is 8.42 Å². The fraction of sp³-hybridized carbons (Fsp3) is 0.150. The summed E-state index contributed by atoms with van der Waals surface area (Å²) >= 11 is 0. The molecule has 0 aliphatic carbocycles. The molecule has 1 heterocycles. The van der Waals surface area contributed by atoms with Crippen molar-refractivity contribution >= 4 is 38.3 Å². The summed E-state index contributed by atoms with van der Waals surface area (Å²) in [7, 11) is -3.92. The van der Waals surface area contributed by atoms with Gasteiger partial charge in [-0.15, -0.1) is 0 Å². The smallest absolute Gasteiger partial charge is 0.242 e. The van der Waals surface area contributed by atoms with E-state index in [-0.39, 0.29) is 10.7 Å². The van der Waals surface area contributed by atoms with E-state index in [1.54, 1.807) is 24.4 Å². The second-order valence-electron chi connectivity index (χ2n) is 6.29. The van der Waals surface area contributed by atoms with Gasteiger partial charge in [0, 0.05) is 17.1 Å². The lowest BCUT2D eigenvalue weighted by molar-refractivity contribution is -0.117. The number of pyridine rings is 1. The fourth-order valence-corrected chi connectivity index (χ4v) is 3.87. The van der Waals surface area contributed by atoms with Gasteiger partial charge >= 0.3 is 0 Å². The van der Waals surface area contributed by atoms with Crippen molar-refractivity contribution in [1.82, 2.24) is 9.71 Å². The van der Waals surface area contributed by atoms with Crippen LogP contribution in [0.5, 0.6) is 0 Å². The summed E-state index contributed by atoms with van der Waals surface area (Å²) in [5.41, 5.74) is 1.53. The van der Waals surface area contributed by atoms with Crippen LogP contribution in [0.1, 0.15) is 24.2 Å². The SMILES string of the molecule is CC(=O)c1ccc(S(=O)(=O)NC(C)C(=O)Nc2cccc3cccnc23)cc1. The summed E-state index contributed by atoms with van der Waals surface area (Å²) in [6, 6.07) is 13.5. The molecular weight excluding hydrogens is 378 g/mol. The number of amides is 1. The molecule has 1 unspecified atom stereocenters. The number of Topliss-reactive ketones (excluding diaryl/α,β-unsaturated/α-hetero) is 1. The van der Waals surface area contributed by atoms with Crippen LogP contribution in [0.25, 0.3) is 10.9 Å². The van der Waals surface area contributed by atoms with Gasteiger partial charge in [0.2, 0.25) is 15.9 Å². The lowest BCUT2D eigenvalue weighted by atomic mass is 10.2. The van der Waals surface area contributed by atoms with E-state index in [9.17, 15) is 18.0 Å². The molecule has 0 radical (unpaired) electrons. The molecule has 28 heavy (non-hydrogen) atoms. The number of aromatic nitrogens is 1. The number of anilines is 1. The molecule has 2 N–H and O–H groups in total. The topological polar surface area (TPSA) is 105 Å². The molecule has 0 saturated carbocycles. The average Bonchev–Trinajstić information content (AvgIpc) is 2.68. The highest BCUT2D eigenvalue weighted by Crippen LogP contribution is 2.21. The standard InChI is InChI=1S/C20H19N3O4S/c1-13(23-28(26,27)17-10-8-15(9-11-17)14(2)24)20(25)22-18-7-3-5-16-6-4-12-21-19(16)18/h3-13,23H,1-2H3,(H,22,25). The van der Waals surface area contributed by atoms with Crippen molar-refractivity contribution in [3.63, 3.8) is 0 Å². The number of rotatable bonds is 6. The van der Waals surface area contributed by atoms with E-state index in [2.05, 4.69) is 15.0 Å². The summed E-state index contributed by atoms with van der Waals surface area (Å²) in [6.07, 6.45) is 1.62. The molecule has 0 fully saturated rings. The third-order valence-electron chi connectivity index (χ3n) is 4.19. The zero-order valence-electron chi connectivity index (χ0n) is 15.3. The van der Waals surface area contributed by atoms with Crippen molar-refractivity contribution in [1.29, 1.82) is 0 Å². The maximum Gasteiger partial charge on any atom is 0.242 e. The highest BCUT2D eigenvalue weighted by atomic mass is 32.2. The molecule has 0 bridgehead atoms. The maximum absolute atomic E-state index is 12.5. The van der Waals surface area contributed by atoms with Crippen LogP contribution in [0, 0.1) is 0 Å². The largest absolute Gasteiger partial charge is 0.323 e. The van der Waals surface area contributed by atoms with Gasteiger partial charge in [0.05, 0.1) is 22.1 Å². The number of carbonyl (C=O) groups is 2. The van der Waals surface area contributed by atoms with E-state index in [1.165, 1.54) is 38.1 Å². The number of carbonyl (C=O) groups excluding carboxylic acids is 2. The summed E-state index contributed by atoms with van der Waals surface area (Å²) in [4.78, 5) is 28.0. The Morgan fingerprint density at radius 3 is 2.36 bits per heavy atom. The van der Waals surface area contributed by atoms with Crippen LogP contribution in [0.3, 0.4) is 0 Å². The highest BCUT2D eigenvalue weighted by Gasteiger charge is 2.22. The summed E-state index contributed by atoms with van der Waals surface area (Å²) < 4.78 is 27.4. The number of sulfonamides is 1. The number of hydrogen-bond donors (Lipinski definition) is 2. The quantitative estimate of drug-likeness (QED) is 0.622. The van der Waals surface area contributed by atoms with Crippen LogP contribution in [-0.4, -0.2) is 31.1 Å². The van der Waals surface area contributed by atoms with Gasteiger partial charge < -0.3 is 5.32 Å². The molecule has 3 aromatic rings. The normalized spacial score (nSPS) is 12.5. The van der Waals surface area contributed by atoms with E-state index in [1.807, 2.05) is 12.1 Å². The average molecular weight is 397 g/mol. The number of nitrogens with one attached hydrogen (secondary N) is 2. The highest BCUT2D eigenvalue weighted by molar-refractivity contribution is 7.89. The van der Waals surface area contributed by atoms with Crippen LogP contribution < -0.4 is 10.0 Å². The molecule has 0 aliphatic heterocycles. The van der Waals surface area contributed by atoms with E-state index in [0.717, 1.165) is 5.39 Å². The number of fused-ring (bicyclic) bond motifs is 1. The summed E-state index contributed by atoms with van der Waals surface area (Å²) in [5, 5.41) is 3.57. The molecule has 3 rings (SSSR count). The van der Waals surface area contributed by atoms with Crippen molar-refractivity contribution in [2.45, 2.75) is 24.8 Å². The van der Waals surface area contributed by atoms with Gasteiger partial charge in [-0.3, -0.25) is 14.6 Å². The Labute approximate surface area is 162 Å². The van der Waals surface area contributed by atoms with Crippen molar-refractivity contribution in [2.24, 2.45) is 0 Å². The minimum Gasteiger partial charge on any atom is -0.323 e. The third-order valence-corrected chi connectivity index (χ3v) is 5.74. The molecule has 2 aromatic carbocycles. The Balaban J connectivity index is 1.75. The van der Waals surface area contributed by atoms with Crippen molar-refractivity contribution < 1.29 is 18.0 Å². The Kier molecular flexibility index (Phi) is 5.53. The molecule has 0 saturated heterocycles. The number of para-hydroxylation sites is 1. The van der Waals surface area contributed by atoms with Gasteiger partial charge in [-0.2, -0.15) is 4.72 Å². The molecule has 1 amide bonds. The number of benzene rings is 2. The van der Waals surface area contributed by atoms with E-state index in [4.69, 9.17) is 0 Å². The first-order valence-electron chi connectivity index (χ1n) is 8.56. The van der Waals surface area contributed by atoms with E-state index >= 15 is 0 Å². The molecule has 1 aromatic heterocycles. The van der Waals surface area contributed by atoms with Gasteiger partial charge in [0.1, 0.15) is 0 Å². The van der Waals surface area contributed by atoms with Crippen molar-refractivity contribution in [3.05, 3.63) is 66.4 Å². The monoisotopic (exact) mass is 397 g/mol. The number of nitrogens with zero attached hydrogens (tertiary/aromatic N) is 1. The molecule has 144 valence electrons. The molecule has 0 spiro atoms. The van der Waals surface area contributed by atoms with Crippen molar-refractivity contribution in [2.75, 3.05) is 5.32 Å². The number of hydrogen-bond acceptors (Lipinski definition) is 5. The van der Waals surface area contributed by atoms with Crippen LogP contribution >= 0.6 is 0 Å². The van der Waals surface area contributed by atoms with E-state index < -0.39 is 22.0 Å². The molecular formula is C20H19N3O4S. The van der Waals surface area contributed by atoms with Crippen molar-refractivity contribution in [3.8, 4) is 0 Å². The predicted octanol–water partition coefficient (Wildman–Crippen LogP) is 2.74. The Morgan fingerprint density at radius 2 is 1.68 bits per heavy atom. The Hall–Kier alpha value is -3.10. The first kappa shape index (κ1) is 19.7. The van der Waals surface area contributed by atoms with Crippen LogP contribution in [0.2, 0.25) is 0 Å². The predicted molar refractivity (Wildman–Crippen MR) is 107 cm³/mol. The molecule has 7 nitrogen and oxygen atoms in total. The second kappa shape index (κ2) is 7.87. The Morgan fingerprint density at radius 1 is 1.00 bits per heavy atom. The van der Waals surface area contributed by atoms with Crippen LogP contribution in [0.4, 0.5) is 5.69 Å². The minimum atomic E-state index is -3.92. The lowest BCUT2D eigenvalue weighted by Crippen LogP contribution is -2.41. The van der Waals surface area contributed by atoms with Crippen LogP contribution in [0.15, 0.2) is 65.7 Å². The minimum absolute atomic E-state index is 0.0241. The van der Waals surface area contributed by atoms with E-state index in [0.29, 0.717) is 16.8 Å². The van der Waals surface area contributed by atoms with Crippen LogP contribution in [-0.2, 0) is 14.8 Å². The Bertz CT molecular complexity index is 1140. The first-order chi connectivity index (χ1) is 13.3. The maximum atomic E-state index is 12.5. The zero-order valence-corrected chi connectivity index (χ0v) is 16.2. The van der Waals surface area contributed by atoms with Gasteiger partial charge in [0.25, 0.3) is 0 Å². The van der Waals surface area contributed by atoms with Gasteiger partial charge in [-0.1, -0.05) is 30.3 Å². The number of ketones is 1. The van der Waals surface area contributed by atoms with Gasteiger partial charge in [-0.05, 0) is 38.1 Å². The van der Waals surface area contributed by atoms with Gasteiger partial charge in [0.15, 0.2) is 5.78 Å². The third kappa shape index (κ3) is 4.24. The zero-order chi connectivity index (χ0) is 20.3. The fourth-order valence-electron chi connectivity index (χ4n) is 2.67. The molecule has 1 atom stereocenters. The molecule has 8 heteroatoms. The second-order valence-corrected chi connectivity index (χ2v) is 8.01. The lowest BCUT2D eigenvalue weighted by Gasteiger charge is -2.15. The first-order valence-corrected chi connectivity index (χ1v) is 10.0. The molecule has 0 aliphatic rings. The summed E-state index contributed by atoms with van der Waals surface area (Å²) in [6.45, 7) is 2.85.